The van der Waals surface area contributed by atoms with Gasteiger partial charge in [0.05, 0.1) is 0 Å². The molecule has 16 heavy (non-hydrogen) atoms. The lowest BCUT2D eigenvalue weighted by molar-refractivity contribution is 0.331. The fourth-order valence-electron chi connectivity index (χ4n) is 1.55. The molecule has 0 aliphatic carbocycles. The van der Waals surface area contributed by atoms with Gasteiger partial charge in [-0.2, -0.15) is 0 Å². The normalized spacial score (nSPS) is 14.8. The van der Waals surface area contributed by atoms with Gasteiger partial charge in [0.15, 0.2) is 0 Å². The highest BCUT2D eigenvalue weighted by atomic mass is 35.5. The minimum absolute atomic E-state index is 0.0981. The number of nitrogens with one attached hydrogen (secondary N) is 1. The first-order chi connectivity index (χ1) is 7.61. The summed E-state index contributed by atoms with van der Waals surface area (Å²) < 4.78 is 0. The van der Waals surface area contributed by atoms with E-state index in [2.05, 4.69) is 19.2 Å². The van der Waals surface area contributed by atoms with Crippen molar-refractivity contribution < 1.29 is 0 Å². The molecule has 0 radical (unpaired) electrons. The summed E-state index contributed by atoms with van der Waals surface area (Å²) in [5.74, 6) is 0.680. The zero-order chi connectivity index (χ0) is 12.0. The first-order valence-electron chi connectivity index (χ1n) is 5.65. The highest BCUT2D eigenvalue weighted by Crippen LogP contribution is 2.19. The molecule has 0 fully saturated rings. The zero-order valence-electron chi connectivity index (χ0n) is 9.89. The molecule has 1 atom stereocenters. The number of hydrogen-bond donors (Lipinski definition) is 1. The van der Waals surface area contributed by atoms with E-state index in [4.69, 9.17) is 23.2 Å². The van der Waals surface area contributed by atoms with E-state index >= 15 is 0 Å². The Morgan fingerprint density at radius 3 is 2.56 bits per heavy atom. The van der Waals surface area contributed by atoms with Gasteiger partial charge in [0.25, 0.3) is 0 Å². The second-order valence-corrected chi connectivity index (χ2v) is 5.08. The molecule has 1 rings (SSSR count). The van der Waals surface area contributed by atoms with Crippen LogP contribution in [0.15, 0.2) is 24.3 Å². The van der Waals surface area contributed by atoms with Crippen LogP contribution < -0.4 is 5.32 Å². The summed E-state index contributed by atoms with van der Waals surface area (Å²) in [4.78, 5) is 0. The topological polar surface area (TPSA) is 12.0 Å². The molecule has 3 heteroatoms. The molecule has 1 N–H and O–H groups in total. The van der Waals surface area contributed by atoms with Crippen LogP contribution in [0.4, 0.5) is 0 Å². The van der Waals surface area contributed by atoms with E-state index in [0.717, 1.165) is 30.0 Å². The van der Waals surface area contributed by atoms with Crippen molar-refractivity contribution in [1.82, 2.24) is 5.32 Å². The molecule has 0 aliphatic rings. The maximum absolute atomic E-state index is 6.11. The Kier molecular flexibility index (Phi) is 5.60. The molecule has 0 saturated carbocycles. The van der Waals surface area contributed by atoms with E-state index in [9.17, 15) is 0 Å². The monoisotopic (exact) mass is 259 g/mol. The van der Waals surface area contributed by atoms with Crippen LogP contribution in [0.1, 0.15) is 32.3 Å². The molecule has 0 amide bonds. The second kappa shape index (κ2) is 6.48. The Morgan fingerprint density at radius 2 is 2.00 bits per heavy atom. The van der Waals surface area contributed by atoms with Gasteiger partial charge in [0, 0.05) is 23.0 Å². The summed E-state index contributed by atoms with van der Waals surface area (Å²) in [6.45, 7) is 5.17. The van der Waals surface area contributed by atoms with Crippen LogP contribution in [0.3, 0.4) is 0 Å². The SMILES string of the molecule is CCC(C)(CCCl)NCc1ccccc1Cl. The van der Waals surface area contributed by atoms with Crippen LogP contribution >= 0.6 is 23.2 Å². The highest BCUT2D eigenvalue weighted by Gasteiger charge is 2.20. The van der Waals surface area contributed by atoms with Gasteiger partial charge >= 0.3 is 0 Å². The molecule has 0 spiro atoms. The smallest absolute Gasteiger partial charge is 0.0450 e. The van der Waals surface area contributed by atoms with Crippen LogP contribution in [0.5, 0.6) is 0 Å². The first kappa shape index (κ1) is 13.8. The Bertz CT molecular complexity index is 327. The third-order valence-corrected chi connectivity index (χ3v) is 3.65. The highest BCUT2D eigenvalue weighted by molar-refractivity contribution is 6.31. The van der Waals surface area contributed by atoms with Crippen molar-refractivity contribution >= 4 is 23.2 Å². The Balaban J connectivity index is 2.59. The maximum Gasteiger partial charge on any atom is 0.0450 e. The molecule has 0 aliphatic heterocycles. The van der Waals surface area contributed by atoms with Gasteiger partial charge in [-0.25, -0.2) is 0 Å². The molecular weight excluding hydrogens is 241 g/mol. The molecule has 0 saturated heterocycles. The standard InChI is InChI=1S/C13H19Cl2N/c1-3-13(2,8-9-14)16-10-11-6-4-5-7-12(11)15/h4-7,16H,3,8-10H2,1-2H3. The Hall–Kier alpha value is -0.240. The first-order valence-corrected chi connectivity index (χ1v) is 6.57. The van der Waals surface area contributed by atoms with Crippen molar-refractivity contribution in [2.24, 2.45) is 0 Å². The number of hydrogen-bond acceptors (Lipinski definition) is 1. The molecule has 1 unspecified atom stereocenters. The second-order valence-electron chi connectivity index (χ2n) is 4.30. The van der Waals surface area contributed by atoms with Crippen molar-refractivity contribution in [3.63, 3.8) is 0 Å². The van der Waals surface area contributed by atoms with Crippen LogP contribution in [-0.2, 0) is 6.54 Å². The van der Waals surface area contributed by atoms with Gasteiger partial charge in [0.2, 0.25) is 0 Å². The lowest BCUT2D eigenvalue weighted by Crippen LogP contribution is -2.41. The van der Waals surface area contributed by atoms with Crippen molar-refractivity contribution in [2.45, 2.75) is 38.8 Å². The minimum Gasteiger partial charge on any atom is -0.307 e. The molecule has 0 heterocycles. The molecule has 1 aromatic rings. The van der Waals surface area contributed by atoms with Gasteiger partial charge < -0.3 is 5.32 Å². The fourth-order valence-corrected chi connectivity index (χ4v) is 2.17. The number of halogens is 2. The van der Waals surface area contributed by atoms with E-state index in [1.165, 1.54) is 0 Å². The van der Waals surface area contributed by atoms with Crippen molar-refractivity contribution in [2.75, 3.05) is 5.88 Å². The van der Waals surface area contributed by atoms with Crippen LogP contribution in [0.2, 0.25) is 5.02 Å². The average Bonchev–Trinajstić information content (AvgIpc) is 2.28. The average molecular weight is 260 g/mol. The quantitative estimate of drug-likeness (QED) is 0.755. The van der Waals surface area contributed by atoms with Crippen LogP contribution in [0, 0.1) is 0 Å². The van der Waals surface area contributed by atoms with Gasteiger partial charge in [-0.15, -0.1) is 11.6 Å². The van der Waals surface area contributed by atoms with Gasteiger partial charge in [0.1, 0.15) is 0 Å². The van der Waals surface area contributed by atoms with Gasteiger partial charge in [-0.05, 0) is 31.4 Å². The van der Waals surface area contributed by atoms with E-state index in [0.29, 0.717) is 5.88 Å². The molecule has 0 bridgehead atoms. The largest absolute Gasteiger partial charge is 0.307 e. The summed E-state index contributed by atoms with van der Waals surface area (Å²) in [6.07, 6.45) is 2.03. The summed E-state index contributed by atoms with van der Waals surface area (Å²) in [5, 5.41) is 4.35. The van der Waals surface area contributed by atoms with E-state index in [1.54, 1.807) is 0 Å². The van der Waals surface area contributed by atoms with Gasteiger partial charge in [-0.3, -0.25) is 0 Å². The predicted octanol–water partition coefficient (Wildman–Crippen LogP) is 4.23. The number of alkyl halides is 1. The third kappa shape index (κ3) is 3.97. The van der Waals surface area contributed by atoms with Crippen LogP contribution in [0.25, 0.3) is 0 Å². The summed E-state index contributed by atoms with van der Waals surface area (Å²) in [5.41, 5.74) is 1.24. The van der Waals surface area contributed by atoms with E-state index in [-0.39, 0.29) is 5.54 Å². The lowest BCUT2D eigenvalue weighted by atomic mass is 9.95. The minimum atomic E-state index is 0.0981. The summed E-state index contributed by atoms with van der Waals surface area (Å²) in [7, 11) is 0. The Labute approximate surface area is 108 Å². The fraction of sp³-hybridized carbons (Fsp3) is 0.538. The number of benzene rings is 1. The lowest BCUT2D eigenvalue weighted by Gasteiger charge is -2.29. The van der Waals surface area contributed by atoms with E-state index < -0.39 is 0 Å². The van der Waals surface area contributed by atoms with Crippen molar-refractivity contribution in [3.8, 4) is 0 Å². The molecule has 0 aromatic heterocycles. The van der Waals surface area contributed by atoms with Crippen molar-refractivity contribution in [1.29, 1.82) is 0 Å². The van der Waals surface area contributed by atoms with Gasteiger partial charge in [-0.1, -0.05) is 36.7 Å². The summed E-state index contributed by atoms with van der Waals surface area (Å²) in [6, 6.07) is 7.92. The molecular formula is C13H19Cl2N. The molecule has 90 valence electrons. The van der Waals surface area contributed by atoms with Crippen molar-refractivity contribution in [3.05, 3.63) is 34.9 Å². The van der Waals surface area contributed by atoms with Crippen LogP contribution in [-0.4, -0.2) is 11.4 Å². The van der Waals surface area contributed by atoms with E-state index in [1.807, 2.05) is 24.3 Å². The predicted molar refractivity (Wildman–Crippen MR) is 72.3 cm³/mol. The maximum atomic E-state index is 6.11. The Morgan fingerprint density at radius 1 is 1.31 bits per heavy atom. The third-order valence-electron chi connectivity index (χ3n) is 3.09. The number of rotatable bonds is 6. The molecule has 1 nitrogen and oxygen atoms in total. The molecule has 1 aromatic carbocycles. The zero-order valence-corrected chi connectivity index (χ0v) is 11.4. The summed E-state index contributed by atoms with van der Waals surface area (Å²) >= 11 is 11.9.